The molecule has 0 bridgehead atoms. The molecular formula is C25H32ClN5O2. The molecule has 0 spiro atoms. The molecule has 3 heterocycles. The number of hydrogen-bond acceptors (Lipinski definition) is 6. The summed E-state index contributed by atoms with van der Waals surface area (Å²) < 4.78 is 1.97. The van der Waals surface area contributed by atoms with Gasteiger partial charge in [0.1, 0.15) is 6.79 Å². The number of aryl methyl sites for hydroxylation is 1. The van der Waals surface area contributed by atoms with Crippen LogP contribution in [0, 0.1) is 6.92 Å². The van der Waals surface area contributed by atoms with Crippen LogP contribution in [-0.2, 0) is 4.79 Å². The molecule has 0 aliphatic heterocycles. The Bertz CT molecular complexity index is 1120. The Hall–Kier alpha value is -3.13. The van der Waals surface area contributed by atoms with Crippen LogP contribution in [0.4, 0.5) is 0 Å². The van der Waals surface area contributed by atoms with E-state index in [2.05, 4.69) is 53.4 Å². The lowest BCUT2D eigenvalue weighted by Crippen LogP contribution is -2.31. The number of halogens is 1. The molecule has 0 aliphatic carbocycles. The van der Waals surface area contributed by atoms with Crippen LogP contribution in [0.5, 0.6) is 0 Å². The summed E-state index contributed by atoms with van der Waals surface area (Å²) in [5.74, 6) is 0.725. The Labute approximate surface area is 200 Å². The van der Waals surface area contributed by atoms with E-state index in [-0.39, 0.29) is 0 Å². The first kappa shape index (κ1) is 27.9. The fraction of sp³-hybridized carbons (Fsp3) is 0.280. The number of aromatic nitrogens is 4. The van der Waals surface area contributed by atoms with Crippen molar-refractivity contribution < 1.29 is 9.90 Å². The van der Waals surface area contributed by atoms with Crippen LogP contribution in [0.3, 0.4) is 0 Å². The summed E-state index contributed by atoms with van der Waals surface area (Å²) in [5, 5.41) is 18.9. The Balaban J connectivity index is 0.000000470. The lowest BCUT2D eigenvalue weighted by Gasteiger charge is -2.15. The number of nitrogens with zero attached hydrogens (tertiary/aromatic N) is 4. The molecule has 1 aromatic carbocycles. The summed E-state index contributed by atoms with van der Waals surface area (Å²) in [5.41, 5.74) is 5.26. The second-order valence-electron chi connectivity index (χ2n) is 7.88. The third kappa shape index (κ3) is 7.75. The number of carbonyl (C=O) groups is 1. The SMILES string of the molecule is C=O.CNC(C)(C)C.CO.Cc1cncc(-c2nnc(Cl)c3c(-c4ccccc4)ccn23)c1. The minimum atomic E-state index is 0.292. The van der Waals surface area contributed by atoms with E-state index in [1.54, 1.807) is 6.20 Å². The van der Waals surface area contributed by atoms with Gasteiger partial charge >= 0.3 is 0 Å². The van der Waals surface area contributed by atoms with Gasteiger partial charge in [0.25, 0.3) is 0 Å². The second kappa shape index (κ2) is 13.4. The lowest BCUT2D eigenvalue weighted by atomic mass is 10.1. The molecule has 0 saturated heterocycles. The van der Waals surface area contributed by atoms with E-state index in [0.717, 1.165) is 40.7 Å². The number of benzene rings is 1. The maximum atomic E-state index is 8.00. The van der Waals surface area contributed by atoms with Gasteiger partial charge in [-0.1, -0.05) is 41.9 Å². The van der Waals surface area contributed by atoms with Gasteiger partial charge in [0, 0.05) is 42.4 Å². The first-order valence-electron chi connectivity index (χ1n) is 10.2. The predicted octanol–water partition coefficient (Wildman–Crippen LogP) is 4.85. The normalized spacial score (nSPS) is 10.2. The first-order valence-corrected chi connectivity index (χ1v) is 10.6. The maximum Gasteiger partial charge on any atom is 0.176 e. The van der Waals surface area contributed by atoms with Crippen LogP contribution in [0.15, 0.2) is 61.1 Å². The van der Waals surface area contributed by atoms with E-state index in [0.29, 0.717) is 10.7 Å². The molecule has 7 nitrogen and oxygen atoms in total. The number of nitrogens with one attached hydrogen (secondary N) is 1. The number of pyridine rings is 1. The number of rotatable bonds is 2. The van der Waals surface area contributed by atoms with Crippen molar-refractivity contribution in [2.75, 3.05) is 14.2 Å². The zero-order valence-electron chi connectivity index (χ0n) is 20.0. The molecule has 8 heteroatoms. The molecule has 176 valence electrons. The van der Waals surface area contributed by atoms with Gasteiger partial charge in [-0.05, 0) is 58.0 Å². The third-order valence-corrected chi connectivity index (χ3v) is 4.76. The first-order chi connectivity index (χ1) is 15.8. The molecule has 2 N–H and O–H groups in total. The highest BCUT2D eigenvalue weighted by Crippen LogP contribution is 2.32. The van der Waals surface area contributed by atoms with E-state index in [1.165, 1.54) is 0 Å². The molecule has 0 aliphatic rings. The standard InChI is InChI=1S/C18H13ClN4.C5H13N.CH4O.CH2O/c1-12-9-14(11-20-10-12)18-22-21-17(19)16-15(7-8-23(16)18)13-5-3-2-4-6-13;1-5(2,3)6-4;2*1-2/h2-11H,1H3;6H,1-4H3;2H,1H3;1H2. The largest absolute Gasteiger partial charge is 0.400 e. The monoisotopic (exact) mass is 469 g/mol. The van der Waals surface area contributed by atoms with Crippen molar-refractivity contribution in [2.24, 2.45) is 0 Å². The molecule has 0 unspecified atom stereocenters. The quantitative estimate of drug-likeness (QED) is 0.436. The van der Waals surface area contributed by atoms with E-state index < -0.39 is 0 Å². The Morgan fingerprint density at radius 2 is 1.61 bits per heavy atom. The van der Waals surface area contributed by atoms with Gasteiger partial charge in [0.15, 0.2) is 11.0 Å². The zero-order valence-corrected chi connectivity index (χ0v) is 20.8. The van der Waals surface area contributed by atoms with E-state index in [4.69, 9.17) is 21.5 Å². The van der Waals surface area contributed by atoms with E-state index in [9.17, 15) is 0 Å². The van der Waals surface area contributed by atoms with Crippen molar-refractivity contribution in [3.8, 4) is 22.5 Å². The van der Waals surface area contributed by atoms with Crippen molar-refractivity contribution in [1.82, 2.24) is 24.9 Å². The number of aliphatic hydroxyl groups is 1. The van der Waals surface area contributed by atoms with Crippen molar-refractivity contribution in [2.45, 2.75) is 33.2 Å². The fourth-order valence-electron chi connectivity index (χ4n) is 2.73. The zero-order chi connectivity index (χ0) is 25.0. The van der Waals surface area contributed by atoms with Crippen LogP contribution < -0.4 is 5.32 Å². The lowest BCUT2D eigenvalue weighted by molar-refractivity contribution is -0.0979. The van der Waals surface area contributed by atoms with Crippen molar-refractivity contribution in [1.29, 1.82) is 0 Å². The highest BCUT2D eigenvalue weighted by Gasteiger charge is 2.15. The van der Waals surface area contributed by atoms with Crippen LogP contribution in [0.2, 0.25) is 5.15 Å². The third-order valence-electron chi connectivity index (χ3n) is 4.51. The molecule has 0 radical (unpaired) electrons. The predicted molar refractivity (Wildman–Crippen MR) is 135 cm³/mol. The van der Waals surface area contributed by atoms with Crippen LogP contribution in [-0.4, -0.2) is 51.2 Å². The van der Waals surface area contributed by atoms with E-state index in [1.807, 2.05) is 67.9 Å². The summed E-state index contributed by atoms with van der Waals surface area (Å²) in [6, 6.07) is 14.2. The summed E-state index contributed by atoms with van der Waals surface area (Å²) in [6.45, 7) is 10.4. The number of hydrogen-bond donors (Lipinski definition) is 2. The van der Waals surface area contributed by atoms with Gasteiger partial charge in [0.2, 0.25) is 0 Å². The van der Waals surface area contributed by atoms with E-state index >= 15 is 0 Å². The fourth-order valence-corrected chi connectivity index (χ4v) is 2.96. The van der Waals surface area contributed by atoms with Crippen molar-refractivity contribution >= 4 is 23.9 Å². The topological polar surface area (TPSA) is 92.4 Å². The number of aliphatic hydroxyl groups excluding tert-OH is 1. The Morgan fingerprint density at radius 1 is 1.00 bits per heavy atom. The molecule has 0 saturated carbocycles. The Morgan fingerprint density at radius 3 is 2.15 bits per heavy atom. The molecule has 3 aromatic heterocycles. The summed E-state index contributed by atoms with van der Waals surface area (Å²) in [7, 11) is 2.96. The smallest absolute Gasteiger partial charge is 0.176 e. The highest BCUT2D eigenvalue weighted by molar-refractivity contribution is 6.33. The van der Waals surface area contributed by atoms with Crippen LogP contribution in [0.25, 0.3) is 28.0 Å². The molecular weight excluding hydrogens is 438 g/mol. The molecule has 0 amide bonds. The number of carbonyl (C=O) groups excluding carboxylic acids is 1. The van der Waals surface area contributed by atoms with Gasteiger partial charge in [-0.2, -0.15) is 0 Å². The van der Waals surface area contributed by atoms with Gasteiger partial charge < -0.3 is 15.2 Å². The van der Waals surface area contributed by atoms with Crippen molar-refractivity contribution in [3.05, 3.63) is 71.8 Å². The second-order valence-corrected chi connectivity index (χ2v) is 8.24. The molecule has 0 atom stereocenters. The summed E-state index contributed by atoms with van der Waals surface area (Å²) >= 11 is 6.33. The molecule has 0 fully saturated rings. The van der Waals surface area contributed by atoms with Gasteiger partial charge in [-0.25, -0.2) is 0 Å². The summed E-state index contributed by atoms with van der Waals surface area (Å²) in [6.07, 6.45) is 5.57. The maximum absolute atomic E-state index is 8.00. The van der Waals surface area contributed by atoms with Gasteiger partial charge in [-0.15, -0.1) is 10.2 Å². The summed E-state index contributed by atoms with van der Waals surface area (Å²) in [4.78, 5) is 12.2. The van der Waals surface area contributed by atoms with Crippen molar-refractivity contribution in [3.63, 3.8) is 0 Å². The minimum Gasteiger partial charge on any atom is -0.400 e. The molecule has 4 aromatic rings. The van der Waals surface area contributed by atoms with Crippen LogP contribution >= 0.6 is 11.6 Å². The Kier molecular flexibility index (Phi) is 11.4. The molecule has 33 heavy (non-hydrogen) atoms. The molecule has 4 rings (SSSR count). The average Bonchev–Trinajstić information content (AvgIpc) is 3.29. The average molecular weight is 470 g/mol. The minimum absolute atomic E-state index is 0.292. The van der Waals surface area contributed by atoms with Gasteiger partial charge in [-0.3, -0.25) is 9.38 Å². The highest BCUT2D eigenvalue weighted by atomic mass is 35.5. The van der Waals surface area contributed by atoms with Crippen LogP contribution in [0.1, 0.15) is 26.3 Å². The number of fused-ring (bicyclic) bond motifs is 1. The van der Waals surface area contributed by atoms with Gasteiger partial charge in [0.05, 0.1) is 5.52 Å².